The summed E-state index contributed by atoms with van der Waals surface area (Å²) in [6.45, 7) is 5.82. The molecule has 6 nitrogen and oxygen atoms in total. The van der Waals surface area contributed by atoms with Crippen LogP contribution in [0.3, 0.4) is 0 Å². The molecule has 2 atom stereocenters. The highest BCUT2D eigenvalue weighted by atomic mass is 16.5. The van der Waals surface area contributed by atoms with Crippen LogP contribution in [0.25, 0.3) is 0 Å². The van der Waals surface area contributed by atoms with Gasteiger partial charge in [-0.1, -0.05) is 32.8 Å². The van der Waals surface area contributed by atoms with E-state index in [2.05, 4.69) is 19.2 Å². The first-order valence-electron chi connectivity index (χ1n) is 10.7. The Labute approximate surface area is 173 Å². The minimum absolute atomic E-state index is 0.0169. The number of ether oxygens (including phenoxy) is 2. The monoisotopic (exact) mass is 402 g/mol. The summed E-state index contributed by atoms with van der Waals surface area (Å²) in [5, 5.41) is 3.07. The Morgan fingerprint density at radius 2 is 1.86 bits per heavy atom. The number of methoxy groups -OCH3 is 2. The molecular formula is C23H34N2O4. The van der Waals surface area contributed by atoms with Crippen molar-refractivity contribution in [2.24, 2.45) is 17.8 Å². The van der Waals surface area contributed by atoms with Crippen LogP contribution in [0.1, 0.15) is 51.0 Å². The Hall–Kier alpha value is -2.24. The number of nitrogens with zero attached hydrogens (tertiary/aromatic N) is 1. The number of amides is 2. The third-order valence-corrected chi connectivity index (χ3v) is 6.20. The third-order valence-electron chi connectivity index (χ3n) is 6.20. The zero-order chi connectivity index (χ0) is 21.0. The van der Waals surface area contributed by atoms with E-state index >= 15 is 0 Å². The van der Waals surface area contributed by atoms with E-state index < -0.39 is 0 Å². The molecule has 2 amide bonds. The van der Waals surface area contributed by atoms with Crippen molar-refractivity contribution in [1.82, 2.24) is 10.2 Å². The van der Waals surface area contributed by atoms with Gasteiger partial charge < -0.3 is 19.7 Å². The van der Waals surface area contributed by atoms with Crippen molar-refractivity contribution in [2.45, 2.75) is 45.4 Å². The molecule has 1 aliphatic heterocycles. The highest BCUT2D eigenvalue weighted by molar-refractivity contribution is 5.84. The standard InChI is InChI=1S/C23H34N2O4/c1-15(2)12-24-22(26)20-14-25(23(27)16-7-5-6-8-16)13-19(20)18-10-9-17(28-3)11-21(18)29-4/h9-11,15-16,19-20H,5-8,12-14H2,1-4H3,(H,24,26). The summed E-state index contributed by atoms with van der Waals surface area (Å²) < 4.78 is 10.9. The quantitative estimate of drug-likeness (QED) is 0.760. The minimum Gasteiger partial charge on any atom is -0.497 e. The van der Waals surface area contributed by atoms with Gasteiger partial charge in [0.15, 0.2) is 0 Å². The average molecular weight is 403 g/mol. The van der Waals surface area contributed by atoms with Crippen LogP contribution in [0.15, 0.2) is 18.2 Å². The molecule has 0 bridgehead atoms. The van der Waals surface area contributed by atoms with Crippen molar-refractivity contribution in [3.63, 3.8) is 0 Å². The Balaban J connectivity index is 1.86. The van der Waals surface area contributed by atoms with E-state index in [1.165, 1.54) is 0 Å². The van der Waals surface area contributed by atoms with Gasteiger partial charge in [0.1, 0.15) is 11.5 Å². The van der Waals surface area contributed by atoms with Gasteiger partial charge in [-0.2, -0.15) is 0 Å². The molecule has 160 valence electrons. The molecule has 1 aromatic rings. The Bertz CT molecular complexity index is 728. The first-order valence-corrected chi connectivity index (χ1v) is 10.7. The first kappa shape index (κ1) is 21.5. The second-order valence-corrected chi connectivity index (χ2v) is 8.68. The fourth-order valence-corrected chi connectivity index (χ4v) is 4.56. The van der Waals surface area contributed by atoms with E-state index in [-0.39, 0.29) is 29.6 Å². The van der Waals surface area contributed by atoms with Crippen LogP contribution in [0.4, 0.5) is 0 Å². The van der Waals surface area contributed by atoms with Gasteiger partial charge in [-0.25, -0.2) is 0 Å². The van der Waals surface area contributed by atoms with Crippen LogP contribution in [-0.4, -0.2) is 50.6 Å². The van der Waals surface area contributed by atoms with Crippen LogP contribution < -0.4 is 14.8 Å². The van der Waals surface area contributed by atoms with E-state index in [1.54, 1.807) is 14.2 Å². The molecule has 1 N–H and O–H groups in total. The summed E-state index contributed by atoms with van der Waals surface area (Å²) in [6.07, 6.45) is 4.18. The van der Waals surface area contributed by atoms with Gasteiger partial charge in [-0.3, -0.25) is 9.59 Å². The van der Waals surface area contributed by atoms with Crippen molar-refractivity contribution in [2.75, 3.05) is 33.9 Å². The summed E-state index contributed by atoms with van der Waals surface area (Å²) in [4.78, 5) is 28.0. The van der Waals surface area contributed by atoms with Crippen LogP contribution in [0, 0.1) is 17.8 Å². The summed E-state index contributed by atoms with van der Waals surface area (Å²) >= 11 is 0. The zero-order valence-corrected chi connectivity index (χ0v) is 18.1. The number of likely N-dealkylation sites (tertiary alicyclic amines) is 1. The van der Waals surface area contributed by atoms with E-state index in [0.717, 1.165) is 31.2 Å². The molecule has 1 heterocycles. The first-order chi connectivity index (χ1) is 13.9. The van der Waals surface area contributed by atoms with E-state index in [0.29, 0.717) is 37.1 Å². The molecule has 0 spiro atoms. The highest BCUT2D eigenvalue weighted by Crippen LogP contribution is 2.40. The molecule has 3 rings (SSSR count). The van der Waals surface area contributed by atoms with Crippen LogP contribution in [-0.2, 0) is 9.59 Å². The van der Waals surface area contributed by atoms with E-state index in [9.17, 15) is 9.59 Å². The van der Waals surface area contributed by atoms with Crippen LogP contribution in [0.5, 0.6) is 11.5 Å². The zero-order valence-electron chi connectivity index (χ0n) is 18.1. The third kappa shape index (κ3) is 4.85. The van der Waals surface area contributed by atoms with Gasteiger partial charge in [-0.15, -0.1) is 0 Å². The van der Waals surface area contributed by atoms with Crippen LogP contribution >= 0.6 is 0 Å². The molecule has 6 heteroatoms. The minimum atomic E-state index is -0.276. The van der Waals surface area contributed by atoms with Crippen LogP contribution in [0.2, 0.25) is 0 Å². The molecule has 1 saturated carbocycles. The molecule has 1 aliphatic carbocycles. The van der Waals surface area contributed by atoms with Gasteiger partial charge in [0.25, 0.3) is 0 Å². The maximum Gasteiger partial charge on any atom is 0.225 e. The topological polar surface area (TPSA) is 67.9 Å². The second kappa shape index (κ2) is 9.51. The lowest BCUT2D eigenvalue weighted by Crippen LogP contribution is -2.38. The Kier molecular flexibility index (Phi) is 7.04. The summed E-state index contributed by atoms with van der Waals surface area (Å²) in [5.41, 5.74) is 0.958. The number of hydrogen-bond donors (Lipinski definition) is 1. The lowest BCUT2D eigenvalue weighted by atomic mass is 9.87. The smallest absolute Gasteiger partial charge is 0.225 e. The molecule has 2 unspecified atom stereocenters. The van der Waals surface area contributed by atoms with Crippen molar-refractivity contribution in [1.29, 1.82) is 0 Å². The molecule has 0 radical (unpaired) electrons. The molecule has 2 fully saturated rings. The SMILES string of the molecule is COc1ccc(C2CN(C(=O)C3CCCC3)CC2C(=O)NCC(C)C)c(OC)c1. The average Bonchev–Trinajstić information content (AvgIpc) is 3.41. The molecule has 29 heavy (non-hydrogen) atoms. The van der Waals surface area contributed by atoms with Gasteiger partial charge in [0.05, 0.1) is 20.1 Å². The highest BCUT2D eigenvalue weighted by Gasteiger charge is 2.43. The van der Waals surface area contributed by atoms with Gasteiger partial charge >= 0.3 is 0 Å². The van der Waals surface area contributed by atoms with Crippen molar-refractivity contribution < 1.29 is 19.1 Å². The van der Waals surface area contributed by atoms with Gasteiger partial charge in [-0.05, 0) is 24.8 Å². The largest absolute Gasteiger partial charge is 0.497 e. The fourth-order valence-electron chi connectivity index (χ4n) is 4.56. The molecule has 1 saturated heterocycles. The lowest BCUT2D eigenvalue weighted by molar-refractivity contribution is -0.134. The fraction of sp³-hybridized carbons (Fsp3) is 0.652. The predicted molar refractivity (Wildman–Crippen MR) is 112 cm³/mol. The molecule has 2 aliphatic rings. The second-order valence-electron chi connectivity index (χ2n) is 8.68. The normalized spacial score (nSPS) is 22.2. The predicted octanol–water partition coefficient (Wildman–Crippen LogP) is 3.21. The maximum absolute atomic E-state index is 13.1. The molecule has 0 aromatic heterocycles. The summed E-state index contributed by atoms with van der Waals surface area (Å²) in [5.74, 6) is 1.77. The molecular weight excluding hydrogens is 368 g/mol. The number of carbonyl (C=O) groups is 2. The molecule has 1 aromatic carbocycles. The van der Waals surface area contributed by atoms with Crippen molar-refractivity contribution in [3.05, 3.63) is 23.8 Å². The summed E-state index contributed by atoms with van der Waals surface area (Å²) in [6, 6.07) is 5.71. The number of carbonyl (C=O) groups excluding carboxylic acids is 2. The van der Waals surface area contributed by atoms with Gasteiger partial charge in [0.2, 0.25) is 11.8 Å². The summed E-state index contributed by atoms with van der Waals surface area (Å²) in [7, 11) is 3.25. The lowest BCUT2D eigenvalue weighted by Gasteiger charge is -2.21. The Morgan fingerprint density at radius 3 is 2.48 bits per heavy atom. The van der Waals surface area contributed by atoms with E-state index in [4.69, 9.17) is 9.47 Å². The number of rotatable bonds is 7. The van der Waals surface area contributed by atoms with Crippen molar-refractivity contribution >= 4 is 11.8 Å². The van der Waals surface area contributed by atoms with Crippen molar-refractivity contribution in [3.8, 4) is 11.5 Å². The number of hydrogen-bond acceptors (Lipinski definition) is 4. The Morgan fingerprint density at radius 1 is 1.14 bits per heavy atom. The maximum atomic E-state index is 13.1. The number of nitrogens with one attached hydrogen (secondary N) is 1. The van der Waals surface area contributed by atoms with E-state index in [1.807, 2.05) is 23.1 Å². The van der Waals surface area contributed by atoms with Gasteiger partial charge in [0, 0.05) is 43.1 Å². The number of benzene rings is 1.